The van der Waals surface area contributed by atoms with Crippen LogP contribution in [0.25, 0.3) is 0 Å². The number of carboxylic acid groups (broad SMARTS) is 1. The molecule has 0 aromatic carbocycles. The third kappa shape index (κ3) is 7.18. The van der Waals surface area contributed by atoms with Gasteiger partial charge in [-0.15, -0.1) is 0 Å². The smallest absolute Gasteiger partial charge is 0.475 e. The van der Waals surface area contributed by atoms with Crippen LogP contribution in [-0.4, -0.2) is 92.8 Å². The lowest BCUT2D eigenvalue weighted by molar-refractivity contribution is -0.192. The Labute approximate surface area is 191 Å². The highest BCUT2D eigenvalue weighted by atomic mass is 19.4. The van der Waals surface area contributed by atoms with Gasteiger partial charge in [0, 0.05) is 82.4 Å². The summed E-state index contributed by atoms with van der Waals surface area (Å²) in [6.45, 7) is 11.3. The van der Waals surface area contributed by atoms with Crippen LogP contribution in [0.15, 0.2) is 12.4 Å². The van der Waals surface area contributed by atoms with Gasteiger partial charge < -0.3 is 14.9 Å². The number of likely N-dealkylation sites (tertiary alicyclic amines) is 1. The van der Waals surface area contributed by atoms with E-state index in [0.717, 1.165) is 39.3 Å². The van der Waals surface area contributed by atoms with E-state index in [9.17, 15) is 22.8 Å². The van der Waals surface area contributed by atoms with Gasteiger partial charge in [-0.25, -0.2) is 4.79 Å². The van der Waals surface area contributed by atoms with Crippen LogP contribution >= 0.6 is 0 Å². The number of nitrogens with zero attached hydrogens (tertiary/aromatic N) is 5. The number of carbonyl (C=O) groups is 3. The molecule has 2 fully saturated rings. The minimum Gasteiger partial charge on any atom is -0.475 e. The molecule has 2 amide bonds. The van der Waals surface area contributed by atoms with Crippen molar-refractivity contribution in [2.24, 2.45) is 18.4 Å². The van der Waals surface area contributed by atoms with Gasteiger partial charge >= 0.3 is 12.1 Å². The molecule has 186 valence electrons. The first-order valence-corrected chi connectivity index (χ1v) is 10.8. The molecule has 2 saturated heterocycles. The quantitative estimate of drug-likeness (QED) is 0.710. The molecule has 3 rings (SSSR count). The second-order valence-electron chi connectivity index (χ2n) is 9.04. The Morgan fingerprint density at radius 2 is 1.85 bits per heavy atom. The highest BCUT2D eigenvalue weighted by molar-refractivity contribution is 5.81. The van der Waals surface area contributed by atoms with Crippen LogP contribution in [0, 0.1) is 11.3 Å². The van der Waals surface area contributed by atoms with Crippen molar-refractivity contribution >= 4 is 17.8 Å². The van der Waals surface area contributed by atoms with E-state index in [-0.39, 0.29) is 23.1 Å². The number of carboxylic acids is 1. The Bertz CT molecular complexity index is 857. The molecule has 3 heterocycles. The van der Waals surface area contributed by atoms with E-state index in [0.29, 0.717) is 13.0 Å². The number of aliphatic carboxylic acids is 1. The molecule has 0 saturated carbocycles. The molecule has 12 heteroatoms. The summed E-state index contributed by atoms with van der Waals surface area (Å²) in [6, 6.07) is 0. The lowest BCUT2D eigenvalue weighted by Crippen LogP contribution is -2.45. The summed E-state index contributed by atoms with van der Waals surface area (Å²) in [4.78, 5) is 40.4. The first kappa shape index (κ1) is 26.6. The summed E-state index contributed by atoms with van der Waals surface area (Å²) in [6.07, 6.45) is -0.619. The molecule has 1 aromatic rings. The Morgan fingerprint density at radius 1 is 1.21 bits per heavy atom. The molecule has 1 aromatic heterocycles. The zero-order chi connectivity index (χ0) is 25.0. The van der Waals surface area contributed by atoms with Gasteiger partial charge in [0.2, 0.25) is 11.8 Å². The van der Waals surface area contributed by atoms with Gasteiger partial charge in [0.25, 0.3) is 0 Å². The summed E-state index contributed by atoms with van der Waals surface area (Å²) in [5, 5.41) is 11.4. The molecule has 9 nitrogen and oxygen atoms in total. The summed E-state index contributed by atoms with van der Waals surface area (Å²) in [5.74, 6) is -2.37. The molecule has 2 aliphatic heterocycles. The number of alkyl halides is 3. The Kier molecular flexibility index (Phi) is 8.50. The van der Waals surface area contributed by atoms with Gasteiger partial charge in [0.05, 0.1) is 6.20 Å². The minimum absolute atomic E-state index is 0.0173. The van der Waals surface area contributed by atoms with Gasteiger partial charge in [-0.1, -0.05) is 13.8 Å². The number of hydrogen-bond acceptors (Lipinski definition) is 5. The molecule has 0 aliphatic carbocycles. The van der Waals surface area contributed by atoms with Crippen molar-refractivity contribution < 1.29 is 32.7 Å². The summed E-state index contributed by atoms with van der Waals surface area (Å²) >= 11 is 0. The first-order chi connectivity index (χ1) is 15.3. The normalized spacial score (nSPS) is 21.9. The van der Waals surface area contributed by atoms with Crippen molar-refractivity contribution in [2.75, 3.05) is 39.3 Å². The largest absolute Gasteiger partial charge is 0.490 e. The number of hydrogen-bond donors (Lipinski definition) is 1. The standard InChI is InChI=1S/C19H31N5O2.C2HF3O2/c1-5-23-13-19(8-17(23)25)12-22(11-16-9-20-21(4)10-16)6-7-24(14-19)18(26)15(2)3;3-2(4,5)1(6)7/h9-10,15H,5-8,11-14H2,1-4H3;(H,6,7). The van der Waals surface area contributed by atoms with Gasteiger partial charge in [-0.2, -0.15) is 18.3 Å². The average Bonchev–Trinajstić information content (AvgIpc) is 3.19. The van der Waals surface area contributed by atoms with E-state index in [4.69, 9.17) is 9.90 Å². The monoisotopic (exact) mass is 475 g/mol. The maximum Gasteiger partial charge on any atom is 0.490 e. The number of halogens is 3. The Hall–Kier alpha value is -2.63. The maximum atomic E-state index is 12.7. The molecule has 0 radical (unpaired) electrons. The topological polar surface area (TPSA) is 99.0 Å². The lowest BCUT2D eigenvalue weighted by Gasteiger charge is -2.34. The molecule has 1 spiro atoms. The average molecular weight is 476 g/mol. The summed E-state index contributed by atoms with van der Waals surface area (Å²) in [7, 11) is 1.92. The highest BCUT2D eigenvalue weighted by Crippen LogP contribution is 2.35. The Balaban J connectivity index is 0.000000479. The van der Waals surface area contributed by atoms with Crippen LogP contribution in [0.1, 0.15) is 32.8 Å². The second-order valence-corrected chi connectivity index (χ2v) is 9.04. The van der Waals surface area contributed by atoms with Crippen LogP contribution in [-0.2, 0) is 28.0 Å². The van der Waals surface area contributed by atoms with E-state index in [1.54, 1.807) is 0 Å². The third-order valence-electron chi connectivity index (χ3n) is 5.77. The molecular formula is C21H32F3N5O4. The van der Waals surface area contributed by atoms with E-state index in [2.05, 4.69) is 10.00 Å². The van der Waals surface area contributed by atoms with Crippen molar-refractivity contribution in [3.05, 3.63) is 18.0 Å². The molecule has 1 atom stereocenters. The number of carbonyl (C=O) groups excluding carboxylic acids is 2. The summed E-state index contributed by atoms with van der Waals surface area (Å²) < 4.78 is 33.6. The van der Waals surface area contributed by atoms with Gasteiger partial charge in [0.15, 0.2) is 0 Å². The molecule has 1 N–H and O–H groups in total. The predicted octanol–water partition coefficient (Wildman–Crippen LogP) is 1.59. The molecule has 33 heavy (non-hydrogen) atoms. The SMILES string of the molecule is CCN1CC2(CC1=O)CN(Cc1cnn(C)c1)CCN(C(=O)C(C)C)C2.O=C(O)C(F)(F)F. The fourth-order valence-electron chi connectivity index (χ4n) is 4.33. The zero-order valence-electron chi connectivity index (χ0n) is 19.4. The van der Waals surface area contributed by atoms with Crippen LogP contribution < -0.4 is 0 Å². The van der Waals surface area contributed by atoms with Crippen LogP contribution in [0.3, 0.4) is 0 Å². The number of rotatable bonds is 4. The fourth-order valence-corrected chi connectivity index (χ4v) is 4.33. The number of aromatic nitrogens is 2. The molecular weight excluding hydrogens is 443 g/mol. The highest BCUT2D eigenvalue weighted by Gasteiger charge is 2.47. The molecule has 0 bridgehead atoms. The van der Waals surface area contributed by atoms with Crippen molar-refractivity contribution in [1.82, 2.24) is 24.5 Å². The maximum absolute atomic E-state index is 12.7. The van der Waals surface area contributed by atoms with E-state index < -0.39 is 12.1 Å². The predicted molar refractivity (Wildman–Crippen MR) is 113 cm³/mol. The first-order valence-electron chi connectivity index (χ1n) is 10.8. The van der Waals surface area contributed by atoms with E-state index >= 15 is 0 Å². The van der Waals surface area contributed by atoms with Crippen molar-refractivity contribution in [3.8, 4) is 0 Å². The van der Waals surface area contributed by atoms with E-state index in [1.807, 2.05) is 54.7 Å². The summed E-state index contributed by atoms with van der Waals surface area (Å²) in [5.41, 5.74) is 0.999. The third-order valence-corrected chi connectivity index (χ3v) is 5.77. The van der Waals surface area contributed by atoms with Gasteiger partial charge in [-0.05, 0) is 6.92 Å². The van der Waals surface area contributed by atoms with E-state index in [1.165, 1.54) is 5.56 Å². The Morgan fingerprint density at radius 3 is 2.30 bits per heavy atom. The van der Waals surface area contributed by atoms with Crippen molar-refractivity contribution in [3.63, 3.8) is 0 Å². The lowest BCUT2D eigenvalue weighted by atomic mass is 9.85. The van der Waals surface area contributed by atoms with Crippen LogP contribution in [0.5, 0.6) is 0 Å². The zero-order valence-corrected chi connectivity index (χ0v) is 19.4. The van der Waals surface area contributed by atoms with Gasteiger partial charge in [-0.3, -0.25) is 19.2 Å². The number of amides is 2. The molecule has 2 aliphatic rings. The van der Waals surface area contributed by atoms with Crippen LogP contribution in [0.2, 0.25) is 0 Å². The molecule has 1 unspecified atom stereocenters. The fraction of sp³-hybridized carbons (Fsp3) is 0.714. The van der Waals surface area contributed by atoms with Crippen molar-refractivity contribution in [2.45, 2.75) is 39.9 Å². The van der Waals surface area contributed by atoms with Gasteiger partial charge in [0.1, 0.15) is 0 Å². The van der Waals surface area contributed by atoms with Crippen LogP contribution in [0.4, 0.5) is 13.2 Å². The minimum atomic E-state index is -5.08. The van der Waals surface area contributed by atoms with Crippen molar-refractivity contribution in [1.29, 1.82) is 0 Å². The number of aryl methyl sites for hydroxylation is 1. The second kappa shape index (κ2) is 10.5.